The van der Waals surface area contributed by atoms with Crippen LogP contribution in [0.4, 0.5) is 0 Å². The van der Waals surface area contributed by atoms with Crippen LogP contribution in [0.2, 0.25) is 0 Å². The van der Waals surface area contributed by atoms with E-state index in [9.17, 15) is 19.2 Å². The minimum Gasteiger partial charge on any atom is -0.468 e. The van der Waals surface area contributed by atoms with Crippen LogP contribution in [-0.2, 0) is 19.0 Å². The molecule has 0 saturated heterocycles. The molecule has 22 heavy (non-hydrogen) atoms. The van der Waals surface area contributed by atoms with Crippen LogP contribution in [0, 0.1) is 0 Å². The number of rotatable bonds is 5. The van der Waals surface area contributed by atoms with Gasteiger partial charge in [0.2, 0.25) is 0 Å². The van der Waals surface area contributed by atoms with Gasteiger partial charge >= 0.3 is 17.9 Å². The van der Waals surface area contributed by atoms with Gasteiger partial charge in [0.15, 0.2) is 0 Å². The highest BCUT2D eigenvalue weighted by Crippen LogP contribution is 2.09. The largest absolute Gasteiger partial charge is 0.468 e. The zero-order chi connectivity index (χ0) is 16.7. The summed E-state index contributed by atoms with van der Waals surface area (Å²) in [6, 6.07) is 2.26. The lowest BCUT2D eigenvalue weighted by molar-refractivity contribution is -0.139. The third kappa shape index (κ3) is 4.27. The Kier molecular flexibility index (Phi) is 5.99. The Morgan fingerprint density at radius 1 is 0.955 bits per heavy atom. The SMILES string of the molecule is COC(=O)CNC(=O)c1cc(C(=O)OC)nc(C(=O)OC)c1. The number of esters is 3. The van der Waals surface area contributed by atoms with Gasteiger partial charge in [-0.25, -0.2) is 14.6 Å². The Hall–Kier alpha value is -2.97. The molecule has 1 N–H and O–H groups in total. The minimum atomic E-state index is -0.826. The number of ether oxygens (including phenoxy) is 3. The maximum absolute atomic E-state index is 11.9. The lowest BCUT2D eigenvalue weighted by atomic mass is 10.1. The zero-order valence-electron chi connectivity index (χ0n) is 12.2. The van der Waals surface area contributed by atoms with Crippen LogP contribution < -0.4 is 5.32 Å². The highest BCUT2D eigenvalue weighted by molar-refractivity contribution is 6.00. The molecule has 1 amide bonds. The molecule has 0 aliphatic heterocycles. The van der Waals surface area contributed by atoms with E-state index in [1.165, 1.54) is 7.11 Å². The molecule has 118 valence electrons. The number of hydrogen-bond acceptors (Lipinski definition) is 8. The number of methoxy groups -OCH3 is 3. The van der Waals surface area contributed by atoms with Gasteiger partial charge in [0.1, 0.15) is 17.9 Å². The van der Waals surface area contributed by atoms with E-state index in [1.807, 2.05) is 0 Å². The summed E-state index contributed by atoms with van der Waals surface area (Å²) in [4.78, 5) is 49.7. The van der Waals surface area contributed by atoms with E-state index < -0.39 is 23.8 Å². The van der Waals surface area contributed by atoms with Gasteiger partial charge in [-0.3, -0.25) is 9.59 Å². The Balaban J connectivity index is 3.11. The molecule has 1 aromatic heterocycles. The van der Waals surface area contributed by atoms with Crippen molar-refractivity contribution in [3.05, 3.63) is 29.1 Å². The van der Waals surface area contributed by atoms with Crippen LogP contribution >= 0.6 is 0 Å². The first-order valence-electron chi connectivity index (χ1n) is 5.96. The number of pyridine rings is 1. The van der Waals surface area contributed by atoms with Crippen molar-refractivity contribution < 1.29 is 33.4 Å². The predicted molar refractivity (Wildman–Crippen MR) is 71.3 cm³/mol. The Labute approximate surface area is 125 Å². The van der Waals surface area contributed by atoms with Gasteiger partial charge in [0.05, 0.1) is 21.3 Å². The number of amides is 1. The van der Waals surface area contributed by atoms with E-state index in [4.69, 9.17) is 0 Å². The molecule has 1 aromatic rings. The van der Waals surface area contributed by atoms with Gasteiger partial charge in [-0.05, 0) is 12.1 Å². The van der Waals surface area contributed by atoms with Crippen LogP contribution in [0.25, 0.3) is 0 Å². The van der Waals surface area contributed by atoms with Gasteiger partial charge < -0.3 is 19.5 Å². The summed E-state index contributed by atoms with van der Waals surface area (Å²) < 4.78 is 13.4. The molecule has 1 rings (SSSR count). The average Bonchev–Trinajstić information content (AvgIpc) is 2.57. The molecule has 0 aliphatic rings. The fourth-order valence-electron chi connectivity index (χ4n) is 1.41. The standard InChI is InChI=1S/C13H14N2O7/c1-20-10(16)6-14-11(17)7-4-8(12(18)21-2)15-9(5-7)13(19)22-3/h4-5H,6H2,1-3H3,(H,14,17). The number of carbonyl (C=O) groups excluding carboxylic acids is 4. The maximum Gasteiger partial charge on any atom is 0.356 e. The molecular weight excluding hydrogens is 296 g/mol. The first-order chi connectivity index (χ1) is 10.4. The normalized spacial score (nSPS) is 9.59. The third-order valence-corrected chi connectivity index (χ3v) is 2.50. The van der Waals surface area contributed by atoms with Crippen molar-refractivity contribution in [1.29, 1.82) is 0 Å². The van der Waals surface area contributed by atoms with Crippen molar-refractivity contribution in [2.45, 2.75) is 0 Å². The molecule has 0 aliphatic carbocycles. The molecular formula is C13H14N2O7. The van der Waals surface area contributed by atoms with Crippen molar-refractivity contribution in [3.8, 4) is 0 Å². The second-order valence-electron chi connectivity index (χ2n) is 3.87. The van der Waals surface area contributed by atoms with Crippen LogP contribution in [0.1, 0.15) is 31.3 Å². The highest BCUT2D eigenvalue weighted by atomic mass is 16.5. The Morgan fingerprint density at radius 3 is 1.86 bits per heavy atom. The van der Waals surface area contributed by atoms with E-state index in [-0.39, 0.29) is 23.5 Å². The molecule has 0 radical (unpaired) electrons. The molecule has 0 atom stereocenters. The predicted octanol–water partition coefficient (Wildman–Crippen LogP) is -0.442. The second kappa shape index (κ2) is 7.72. The molecule has 0 aromatic carbocycles. The quantitative estimate of drug-likeness (QED) is 0.574. The lowest BCUT2D eigenvalue weighted by Gasteiger charge is -2.07. The van der Waals surface area contributed by atoms with Crippen molar-refractivity contribution >= 4 is 23.8 Å². The van der Waals surface area contributed by atoms with Crippen molar-refractivity contribution in [3.63, 3.8) is 0 Å². The average molecular weight is 310 g/mol. The summed E-state index contributed by atoms with van der Waals surface area (Å²) >= 11 is 0. The summed E-state index contributed by atoms with van der Waals surface area (Å²) in [6.07, 6.45) is 0. The molecule has 9 heteroatoms. The van der Waals surface area contributed by atoms with E-state index in [2.05, 4.69) is 24.5 Å². The van der Waals surface area contributed by atoms with Crippen molar-refractivity contribution in [2.24, 2.45) is 0 Å². The highest BCUT2D eigenvalue weighted by Gasteiger charge is 2.19. The second-order valence-corrected chi connectivity index (χ2v) is 3.87. The number of nitrogens with one attached hydrogen (secondary N) is 1. The zero-order valence-corrected chi connectivity index (χ0v) is 12.2. The van der Waals surface area contributed by atoms with Crippen LogP contribution in [0.5, 0.6) is 0 Å². The summed E-state index contributed by atoms with van der Waals surface area (Å²) in [6.45, 7) is -0.362. The van der Waals surface area contributed by atoms with Crippen molar-refractivity contribution in [2.75, 3.05) is 27.9 Å². The minimum absolute atomic E-state index is 0.0558. The first kappa shape index (κ1) is 17.1. The van der Waals surface area contributed by atoms with Crippen molar-refractivity contribution in [1.82, 2.24) is 10.3 Å². The van der Waals surface area contributed by atoms with E-state index in [0.29, 0.717) is 0 Å². The van der Waals surface area contributed by atoms with Crippen LogP contribution in [0.3, 0.4) is 0 Å². The number of aromatic nitrogens is 1. The molecule has 0 spiro atoms. The first-order valence-corrected chi connectivity index (χ1v) is 5.96. The summed E-state index contributed by atoms with van der Waals surface area (Å²) in [5, 5.41) is 2.27. The van der Waals surface area contributed by atoms with Gasteiger partial charge in [0, 0.05) is 5.56 Å². The fraction of sp³-hybridized carbons (Fsp3) is 0.308. The molecule has 0 saturated carbocycles. The third-order valence-electron chi connectivity index (χ3n) is 2.50. The Bertz CT molecular complexity index is 578. The monoisotopic (exact) mass is 310 g/mol. The van der Waals surface area contributed by atoms with E-state index in [0.717, 1.165) is 26.4 Å². The molecule has 9 nitrogen and oxygen atoms in total. The number of nitrogens with zero attached hydrogens (tertiary/aromatic N) is 1. The molecule has 0 bridgehead atoms. The molecule has 1 heterocycles. The summed E-state index contributed by atoms with van der Waals surface area (Å²) in [7, 11) is 3.43. The lowest BCUT2D eigenvalue weighted by Crippen LogP contribution is -2.30. The number of carbonyl (C=O) groups is 4. The Morgan fingerprint density at radius 2 is 1.45 bits per heavy atom. The van der Waals surface area contributed by atoms with E-state index in [1.54, 1.807) is 0 Å². The topological polar surface area (TPSA) is 121 Å². The summed E-state index contributed by atoms with van der Waals surface area (Å²) in [5.41, 5.74) is -0.540. The molecule has 0 unspecified atom stereocenters. The van der Waals surface area contributed by atoms with Gasteiger partial charge in [-0.2, -0.15) is 0 Å². The number of hydrogen-bond donors (Lipinski definition) is 1. The van der Waals surface area contributed by atoms with E-state index >= 15 is 0 Å². The van der Waals surface area contributed by atoms with Gasteiger partial charge in [-0.1, -0.05) is 0 Å². The molecule has 0 fully saturated rings. The fourth-order valence-corrected chi connectivity index (χ4v) is 1.41. The smallest absolute Gasteiger partial charge is 0.356 e. The van der Waals surface area contributed by atoms with Crippen LogP contribution in [-0.4, -0.2) is 56.7 Å². The van der Waals surface area contributed by atoms with Crippen LogP contribution in [0.15, 0.2) is 12.1 Å². The van der Waals surface area contributed by atoms with Gasteiger partial charge in [0.25, 0.3) is 5.91 Å². The maximum atomic E-state index is 11.9. The van der Waals surface area contributed by atoms with Gasteiger partial charge in [-0.15, -0.1) is 0 Å². The summed E-state index contributed by atoms with van der Waals surface area (Å²) in [5.74, 6) is -2.99.